The van der Waals surface area contributed by atoms with Crippen molar-refractivity contribution in [3.8, 4) is 0 Å². The van der Waals surface area contributed by atoms with Crippen molar-refractivity contribution < 1.29 is 13.5 Å². The number of sulfonamides is 1. The number of hydrogen-bond donors (Lipinski definition) is 3. The molecule has 0 spiro atoms. The standard InChI is InChI=1S/C19H28N6O3S/c1-29(27,28)25-9-4-16(17(26)13-25)23-18-11-15-14(12-22-18)3-6-21-19(15)24-8-2-5-20-7-10-24/h3,6,11-12,16-17,20,26H,2,4-5,7-10,13H2,1H3,(H,22,23)/t16-,17-/m1/s1. The number of hydrogen-bond acceptors (Lipinski definition) is 8. The minimum atomic E-state index is -3.29. The number of fused-ring (bicyclic) bond motifs is 1. The van der Waals surface area contributed by atoms with Crippen LogP contribution in [0.4, 0.5) is 11.6 Å². The van der Waals surface area contributed by atoms with E-state index >= 15 is 0 Å². The van der Waals surface area contributed by atoms with E-state index in [0.29, 0.717) is 18.8 Å². The molecule has 0 amide bonds. The van der Waals surface area contributed by atoms with Crippen molar-refractivity contribution >= 4 is 32.4 Å². The molecule has 0 radical (unpaired) electrons. The number of β-amino-alcohol motifs (C(OH)–C–C–N with tert-alkyl or cyclic N) is 1. The second-order valence-electron chi connectivity index (χ2n) is 7.74. The minimum absolute atomic E-state index is 0.0949. The molecular weight excluding hydrogens is 392 g/mol. The number of aliphatic hydroxyl groups is 1. The Morgan fingerprint density at radius 3 is 2.90 bits per heavy atom. The largest absolute Gasteiger partial charge is 0.390 e. The summed E-state index contributed by atoms with van der Waals surface area (Å²) in [4.78, 5) is 11.4. The molecule has 0 aromatic carbocycles. The summed E-state index contributed by atoms with van der Waals surface area (Å²) in [6, 6.07) is 3.68. The van der Waals surface area contributed by atoms with E-state index in [1.165, 1.54) is 10.6 Å². The molecule has 2 fully saturated rings. The van der Waals surface area contributed by atoms with Crippen LogP contribution in [0, 0.1) is 0 Å². The average Bonchev–Trinajstić information content (AvgIpc) is 2.97. The maximum atomic E-state index is 11.7. The van der Waals surface area contributed by atoms with E-state index in [1.807, 2.05) is 24.5 Å². The van der Waals surface area contributed by atoms with Gasteiger partial charge in [-0.2, -0.15) is 4.31 Å². The predicted octanol–water partition coefficient (Wildman–Crippen LogP) is 0.236. The quantitative estimate of drug-likeness (QED) is 0.645. The Labute approximate surface area is 171 Å². The van der Waals surface area contributed by atoms with Crippen molar-refractivity contribution in [3.05, 3.63) is 24.5 Å². The van der Waals surface area contributed by atoms with Gasteiger partial charge in [0.15, 0.2) is 0 Å². The van der Waals surface area contributed by atoms with E-state index in [2.05, 4.69) is 25.5 Å². The second kappa shape index (κ2) is 8.39. The van der Waals surface area contributed by atoms with Gasteiger partial charge in [-0.3, -0.25) is 0 Å². The Balaban J connectivity index is 1.55. The van der Waals surface area contributed by atoms with Gasteiger partial charge in [-0.25, -0.2) is 18.4 Å². The summed E-state index contributed by atoms with van der Waals surface area (Å²) in [5.74, 6) is 1.61. The number of pyridine rings is 2. The van der Waals surface area contributed by atoms with Crippen LogP contribution in [0.3, 0.4) is 0 Å². The molecule has 0 aliphatic carbocycles. The lowest BCUT2D eigenvalue weighted by Gasteiger charge is -2.35. The van der Waals surface area contributed by atoms with Crippen LogP contribution in [0.5, 0.6) is 0 Å². The molecule has 2 aromatic rings. The maximum Gasteiger partial charge on any atom is 0.211 e. The van der Waals surface area contributed by atoms with Gasteiger partial charge in [0.2, 0.25) is 10.0 Å². The van der Waals surface area contributed by atoms with Gasteiger partial charge >= 0.3 is 0 Å². The van der Waals surface area contributed by atoms with Crippen LogP contribution in [0.2, 0.25) is 0 Å². The fourth-order valence-corrected chi connectivity index (χ4v) is 4.86. The smallest absolute Gasteiger partial charge is 0.211 e. The van der Waals surface area contributed by atoms with E-state index in [4.69, 9.17) is 0 Å². The third-order valence-electron chi connectivity index (χ3n) is 5.61. The molecule has 2 saturated heterocycles. The van der Waals surface area contributed by atoms with Crippen molar-refractivity contribution in [2.24, 2.45) is 0 Å². The maximum absolute atomic E-state index is 11.7. The molecule has 2 aromatic heterocycles. The highest BCUT2D eigenvalue weighted by Gasteiger charge is 2.32. The van der Waals surface area contributed by atoms with E-state index in [-0.39, 0.29) is 12.6 Å². The Morgan fingerprint density at radius 1 is 1.24 bits per heavy atom. The van der Waals surface area contributed by atoms with Gasteiger partial charge in [0, 0.05) is 55.9 Å². The summed E-state index contributed by atoms with van der Waals surface area (Å²) in [5.41, 5.74) is 0. The molecule has 4 rings (SSSR count). The normalized spacial score (nSPS) is 24.4. The predicted molar refractivity (Wildman–Crippen MR) is 114 cm³/mol. The summed E-state index contributed by atoms with van der Waals surface area (Å²) in [6.45, 7) is 4.28. The molecule has 0 unspecified atom stereocenters. The van der Waals surface area contributed by atoms with Crippen LogP contribution < -0.4 is 15.5 Å². The lowest BCUT2D eigenvalue weighted by Crippen LogP contribution is -2.51. The van der Waals surface area contributed by atoms with E-state index in [1.54, 1.807) is 0 Å². The summed E-state index contributed by atoms with van der Waals surface area (Å²) in [7, 11) is -3.29. The minimum Gasteiger partial charge on any atom is -0.390 e. The highest BCUT2D eigenvalue weighted by atomic mass is 32.2. The monoisotopic (exact) mass is 420 g/mol. The molecule has 0 bridgehead atoms. The zero-order chi connectivity index (χ0) is 20.4. The van der Waals surface area contributed by atoms with Gasteiger partial charge in [-0.15, -0.1) is 0 Å². The summed E-state index contributed by atoms with van der Waals surface area (Å²) in [6.07, 6.45) is 5.60. The van der Waals surface area contributed by atoms with Gasteiger partial charge in [0.25, 0.3) is 0 Å². The number of rotatable bonds is 4. The van der Waals surface area contributed by atoms with Crippen LogP contribution in [-0.2, 0) is 10.0 Å². The molecule has 10 heteroatoms. The average molecular weight is 421 g/mol. The summed E-state index contributed by atoms with van der Waals surface area (Å²) in [5, 5.41) is 19.2. The SMILES string of the molecule is CS(=O)(=O)N1CC[C@@H](Nc2cc3c(N4CCCNCC4)nccc3cn2)[C@H](O)C1. The Hall–Kier alpha value is -2.01. The molecule has 3 N–H and O–H groups in total. The summed E-state index contributed by atoms with van der Waals surface area (Å²) < 4.78 is 24.8. The van der Waals surface area contributed by atoms with Crippen molar-refractivity contribution in [2.45, 2.75) is 25.0 Å². The van der Waals surface area contributed by atoms with Gasteiger partial charge in [0.05, 0.1) is 18.4 Å². The van der Waals surface area contributed by atoms with Crippen molar-refractivity contribution in [3.63, 3.8) is 0 Å². The number of nitrogens with one attached hydrogen (secondary N) is 2. The third-order valence-corrected chi connectivity index (χ3v) is 6.88. The number of anilines is 2. The molecule has 2 atom stereocenters. The highest BCUT2D eigenvalue weighted by molar-refractivity contribution is 7.88. The van der Waals surface area contributed by atoms with Gasteiger partial charge in [-0.1, -0.05) is 0 Å². The fourth-order valence-electron chi connectivity index (χ4n) is 4.00. The van der Waals surface area contributed by atoms with Gasteiger partial charge < -0.3 is 20.6 Å². The first-order chi connectivity index (χ1) is 13.9. The highest BCUT2D eigenvalue weighted by Crippen LogP contribution is 2.27. The molecule has 2 aliphatic rings. The Bertz CT molecular complexity index is 962. The fraction of sp³-hybridized carbons (Fsp3) is 0.579. The van der Waals surface area contributed by atoms with Gasteiger partial charge in [0.1, 0.15) is 11.6 Å². The Kier molecular flexibility index (Phi) is 5.86. The van der Waals surface area contributed by atoms with Crippen LogP contribution in [0.25, 0.3) is 10.8 Å². The van der Waals surface area contributed by atoms with Crippen LogP contribution in [0.1, 0.15) is 12.8 Å². The molecule has 2 aliphatic heterocycles. The van der Waals surface area contributed by atoms with Crippen molar-refractivity contribution in [1.82, 2.24) is 19.6 Å². The molecule has 29 heavy (non-hydrogen) atoms. The van der Waals surface area contributed by atoms with Gasteiger partial charge in [-0.05, 0) is 31.5 Å². The van der Waals surface area contributed by atoms with Crippen molar-refractivity contribution in [2.75, 3.05) is 55.7 Å². The van der Waals surface area contributed by atoms with E-state index in [0.717, 1.165) is 49.2 Å². The first-order valence-corrected chi connectivity index (χ1v) is 11.9. The molecule has 0 saturated carbocycles. The van der Waals surface area contributed by atoms with Crippen LogP contribution >= 0.6 is 0 Å². The van der Waals surface area contributed by atoms with E-state index in [9.17, 15) is 13.5 Å². The number of aromatic nitrogens is 2. The topological polar surface area (TPSA) is 111 Å². The van der Waals surface area contributed by atoms with Crippen LogP contribution in [0.15, 0.2) is 24.5 Å². The molecule has 4 heterocycles. The van der Waals surface area contributed by atoms with E-state index < -0.39 is 16.1 Å². The zero-order valence-corrected chi connectivity index (χ0v) is 17.4. The lowest BCUT2D eigenvalue weighted by atomic mass is 10.0. The number of nitrogens with zero attached hydrogens (tertiary/aromatic N) is 4. The molecule has 9 nitrogen and oxygen atoms in total. The third kappa shape index (κ3) is 4.61. The first kappa shape index (κ1) is 20.3. The second-order valence-corrected chi connectivity index (χ2v) is 9.73. The summed E-state index contributed by atoms with van der Waals surface area (Å²) >= 11 is 0. The number of aliphatic hydroxyl groups excluding tert-OH is 1. The Morgan fingerprint density at radius 2 is 2.10 bits per heavy atom. The lowest BCUT2D eigenvalue weighted by molar-refractivity contribution is 0.0952. The van der Waals surface area contributed by atoms with Crippen molar-refractivity contribution in [1.29, 1.82) is 0 Å². The molecular formula is C19H28N6O3S. The number of piperidine rings is 1. The first-order valence-electron chi connectivity index (χ1n) is 10.0. The zero-order valence-electron chi connectivity index (χ0n) is 16.6. The molecule has 158 valence electrons. The van der Waals surface area contributed by atoms with Crippen LogP contribution in [-0.4, -0.2) is 85.5 Å².